The van der Waals surface area contributed by atoms with Crippen LogP contribution >= 0.6 is 0 Å². The molecule has 0 amide bonds. The molecule has 10 heteroatoms. The molecule has 0 aromatic carbocycles. The van der Waals surface area contributed by atoms with Gasteiger partial charge in [-0.05, 0) is 33.2 Å². The van der Waals surface area contributed by atoms with Gasteiger partial charge in [-0.3, -0.25) is 26.2 Å². The van der Waals surface area contributed by atoms with Crippen molar-refractivity contribution in [2.45, 2.75) is 63.8 Å². The summed E-state index contributed by atoms with van der Waals surface area (Å²) in [6, 6.07) is -0.163. The largest absolute Gasteiger partial charge is 0.391 e. The van der Waals surface area contributed by atoms with E-state index in [1.165, 1.54) is 0 Å². The van der Waals surface area contributed by atoms with E-state index in [1.807, 2.05) is 6.92 Å². The number of hydrogen-bond donors (Lipinski definition) is 4. The number of alkyl halides is 3. The lowest BCUT2D eigenvalue weighted by molar-refractivity contribution is -0.184. The fourth-order valence-corrected chi connectivity index (χ4v) is 4.12. The van der Waals surface area contributed by atoms with E-state index in [0.717, 1.165) is 32.6 Å². The van der Waals surface area contributed by atoms with E-state index in [9.17, 15) is 13.2 Å². The predicted octanol–water partition coefficient (Wildman–Crippen LogP) is 0.614. The topological polar surface area (TPSA) is 63.8 Å². The Morgan fingerprint density at radius 2 is 1.81 bits per heavy atom. The Labute approximate surface area is 159 Å². The molecular formula is C17H33F3N6O. The van der Waals surface area contributed by atoms with E-state index in [1.54, 1.807) is 0 Å². The van der Waals surface area contributed by atoms with E-state index < -0.39 is 12.1 Å². The SMILES string of the molecule is CCOC1NC(NC2CCCC(C(F)(F)F)C2)NC(N2CCN(C)CC2)N1. The van der Waals surface area contributed by atoms with Crippen molar-refractivity contribution in [2.75, 3.05) is 39.8 Å². The molecule has 1 aliphatic carbocycles. The van der Waals surface area contributed by atoms with Crippen molar-refractivity contribution >= 4 is 0 Å². The fraction of sp³-hybridized carbons (Fsp3) is 1.00. The van der Waals surface area contributed by atoms with E-state index >= 15 is 0 Å². The van der Waals surface area contributed by atoms with Crippen molar-refractivity contribution in [3.05, 3.63) is 0 Å². The van der Waals surface area contributed by atoms with E-state index in [2.05, 4.69) is 38.1 Å². The second kappa shape index (κ2) is 9.34. The molecule has 0 bridgehead atoms. The van der Waals surface area contributed by atoms with Crippen LogP contribution in [0.4, 0.5) is 13.2 Å². The lowest BCUT2D eigenvalue weighted by Crippen LogP contribution is -2.77. The smallest absolute Gasteiger partial charge is 0.350 e. The van der Waals surface area contributed by atoms with Crippen LogP contribution < -0.4 is 21.3 Å². The molecule has 2 heterocycles. The molecule has 1 saturated carbocycles. The molecule has 3 rings (SSSR count). The molecule has 27 heavy (non-hydrogen) atoms. The number of rotatable bonds is 5. The van der Waals surface area contributed by atoms with E-state index in [-0.39, 0.29) is 37.8 Å². The molecule has 3 fully saturated rings. The van der Waals surface area contributed by atoms with Gasteiger partial charge >= 0.3 is 6.18 Å². The van der Waals surface area contributed by atoms with Gasteiger partial charge in [-0.25, -0.2) is 0 Å². The Bertz CT molecular complexity index is 460. The highest BCUT2D eigenvalue weighted by atomic mass is 19.4. The van der Waals surface area contributed by atoms with Crippen LogP contribution in [0.2, 0.25) is 0 Å². The second-order valence-corrected chi connectivity index (χ2v) is 7.78. The highest BCUT2D eigenvalue weighted by Gasteiger charge is 2.43. The Morgan fingerprint density at radius 1 is 1.07 bits per heavy atom. The van der Waals surface area contributed by atoms with Gasteiger partial charge in [-0.1, -0.05) is 6.42 Å². The number of nitrogens with zero attached hydrogens (tertiary/aromatic N) is 2. The number of nitrogens with one attached hydrogen (secondary N) is 4. The Kier molecular flexibility index (Phi) is 7.34. The van der Waals surface area contributed by atoms with Crippen molar-refractivity contribution < 1.29 is 17.9 Å². The van der Waals surface area contributed by atoms with Crippen molar-refractivity contribution in [1.29, 1.82) is 0 Å². The minimum absolute atomic E-state index is 0.0870. The van der Waals surface area contributed by atoms with E-state index in [0.29, 0.717) is 13.0 Å². The minimum atomic E-state index is -4.11. The van der Waals surface area contributed by atoms with Crippen LogP contribution in [0.25, 0.3) is 0 Å². The standard InChI is InChI=1S/C17H33F3N6O/c1-3-27-16-23-14(21-13-6-4-5-12(11-13)17(18,19)20)22-15(24-16)26-9-7-25(2)8-10-26/h12-16,21-24H,3-11H2,1-2H3. The van der Waals surface area contributed by atoms with Crippen LogP contribution in [0.1, 0.15) is 32.6 Å². The first-order valence-corrected chi connectivity index (χ1v) is 10.00. The first-order valence-electron chi connectivity index (χ1n) is 10.00. The summed E-state index contributed by atoms with van der Waals surface area (Å²) in [5.74, 6) is -1.21. The van der Waals surface area contributed by atoms with Gasteiger partial charge in [0.25, 0.3) is 0 Å². The van der Waals surface area contributed by atoms with Crippen molar-refractivity contribution in [3.8, 4) is 0 Å². The third-order valence-corrected chi connectivity index (χ3v) is 5.73. The number of likely N-dealkylation sites (N-methyl/N-ethyl adjacent to an activating group) is 1. The zero-order chi connectivity index (χ0) is 19.4. The van der Waals surface area contributed by atoms with Crippen LogP contribution in [0.15, 0.2) is 0 Å². The Balaban J connectivity index is 1.58. The highest BCUT2D eigenvalue weighted by Crippen LogP contribution is 2.37. The summed E-state index contributed by atoms with van der Waals surface area (Å²) in [5, 5.41) is 13.4. The van der Waals surface area contributed by atoms with Crippen LogP contribution in [-0.2, 0) is 4.74 Å². The molecular weight excluding hydrogens is 361 g/mol. The predicted molar refractivity (Wildman–Crippen MR) is 96.4 cm³/mol. The maximum atomic E-state index is 13.1. The Morgan fingerprint density at radius 3 is 2.48 bits per heavy atom. The second-order valence-electron chi connectivity index (χ2n) is 7.78. The molecule has 4 N–H and O–H groups in total. The third-order valence-electron chi connectivity index (χ3n) is 5.73. The molecule has 2 aliphatic heterocycles. The number of hydrogen-bond acceptors (Lipinski definition) is 7. The summed E-state index contributed by atoms with van der Waals surface area (Å²) in [4.78, 5) is 4.59. The average molecular weight is 394 g/mol. The summed E-state index contributed by atoms with van der Waals surface area (Å²) in [7, 11) is 2.11. The molecule has 5 atom stereocenters. The van der Waals surface area contributed by atoms with Gasteiger partial charge in [0.1, 0.15) is 12.6 Å². The monoisotopic (exact) mass is 394 g/mol. The maximum absolute atomic E-state index is 13.1. The minimum Gasteiger partial charge on any atom is -0.350 e. The maximum Gasteiger partial charge on any atom is 0.391 e. The summed E-state index contributed by atoms with van der Waals surface area (Å²) in [5.41, 5.74) is 0. The van der Waals surface area contributed by atoms with Crippen molar-refractivity contribution in [2.24, 2.45) is 5.92 Å². The van der Waals surface area contributed by atoms with Crippen molar-refractivity contribution in [1.82, 2.24) is 31.1 Å². The molecule has 3 aliphatic rings. The summed E-state index contributed by atoms with van der Waals surface area (Å²) in [6.07, 6.45) is -3.11. The van der Waals surface area contributed by atoms with Crippen molar-refractivity contribution in [3.63, 3.8) is 0 Å². The van der Waals surface area contributed by atoms with Gasteiger partial charge in [-0.15, -0.1) is 0 Å². The van der Waals surface area contributed by atoms with Gasteiger partial charge < -0.3 is 9.64 Å². The van der Waals surface area contributed by atoms with Gasteiger partial charge in [0, 0.05) is 38.8 Å². The normalized spacial score (nSPS) is 37.4. The molecule has 5 unspecified atom stereocenters. The van der Waals surface area contributed by atoms with Crippen LogP contribution in [0.5, 0.6) is 0 Å². The highest BCUT2D eigenvalue weighted by molar-refractivity contribution is 4.87. The zero-order valence-corrected chi connectivity index (χ0v) is 16.2. The number of piperazine rings is 1. The lowest BCUT2D eigenvalue weighted by atomic mass is 9.85. The molecule has 7 nitrogen and oxygen atoms in total. The van der Waals surface area contributed by atoms with Gasteiger partial charge in [0.05, 0.1) is 5.92 Å². The van der Waals surface area contributed by atoms with Crippen LogP contribution in [0.3, 0.4) is 0 Å². The van der Waals surface area contributed by atoms with Crippen LogP contribution in [0, 0.1) is 5.92 Å². The summed E-state index contributed by atoms with van der Waals surface area (Å²) < 4.78 is 45.0. The average Bonchev–Trinajstić information content (AvgIpc) is 2.62. The van der Waals surface area contributed by atoms with Crippen LogP contribution in [-0.4, -0.2) is 80.8 Å². The van der Waals surface area contributed by atoms with Gasteiger partial charge in [0.2, 0.25) is 0 Å². The number of ether oxygens (including phenoxy) is 1. The number of halogens is 3. The molecule has 2 saturated heterocycles. The van der Waals surface area contributed by atoms with Gasteiger partial charge in [0.15, 0.2) is 6.35 Å². The third kappa shape index (κ3) is 5.99. The molecule has 0 radical (unpaired) electrons. The molecule has 0 aromatic rings. The molecule has 0 spiro atoms. The quantitative estimate of drug-likeness (QED) is 0.545. The molecule has 158 valence electrons. The fourth-order valence-electron chi connectivity index (χ4n) is 4.12. The van der Waals surface area contributed by atoms with E-state index in [4.69, 9.17) is 4.74 Å². The summed E-state index contributed by atoms with van der Waals surface area (Å²) in [6.45, 7) is 6.29. The van der Waals surface area contributed by atoms with Gasteiger partial charge in [-0.2, -0.15) is 13.2 Å². The first kappa shape index (κ1) is 21.2. The molecule has 0 aromatic heterocycles. The summed E-state index contributed by atoms with van der Waals surface area (Å²) >= 11 is 0. The zero-order valence-electron chi connectivity index (χ0n) is 16.2. The first-order chi connectivity index (χ1) is 12.8. The Hall–Kier alpha value is -0.490. The lowest BCUT2D eigenvalue weighted by Gasteiger charge is -2.46.